The molecule has 8 heteroatoms. The van der Waals surface area contributed by atoms with Crippen LogP contribution in [0.3, 0.4) is 0 Å². The van der Waals surface area contributed by atoms with Gasteiger partial charge in [0.05, 0.1) is 12.1 Å². The molecule has 0 bridgehead atoms. The van der Waals surface area contributed by atoms with Gasteiger partial charge >= 0.3 is 0 Å². The first-order chi connectivity index (χ1) is 9.70. The molecular formula is C12H14BrN5O2. The summed E-state index contributed by atoms with van der Waals surface area (Å²) in [5, 5.41) is 9.47. The van der Waals surface area contributed by atoms with Crippen LogP contribution in [0.25, 0.3) is 0 Å². The quantitative estimate of drug-likeness (QED) is 0.835. The van der Waals surface area contributed by atoms with Crippen LogP contribution in [0.15, 0.2) is 27.7 Å². The SMILES string of the molecule is CCCNc1ncc(Br)cc1C(=O)NCc1ncon1. The average molecular weight is 340 g/mol. The van der Waals surface area contributed by atoms with E-state index in [9.17, 15) is 4.79 Å². The van der Waals surface area contributed by atoms with Crippen LogP contribution in [0.4, 0.5) is 5.82 Å². The van der Waals surface area contributed by atoms with E-state index in [2.05, 4.69) is 46.2 Å². The summed E-state index contributed by atoms with van der Waals surface area (Å²) in [5.41, 5.74) is 0.469. The van der Waals surface area contributed by atoms with Crippen LogP contribution >= 0.6 is 15.9 Å². The summed E-state index contributed by atoms with van der Waals surface area (Å²) in [6.45, 7) is 3.00. The lowest BCUT2D eigenvalue weighted by molar-refractivity contribution is 0.0950. The summed E-state index contributed by atoms with van der Waals surface area (Å²) >= 11 is 3.31. The van der Waals surface area contributed by atoms with Crippen LogP contribution in [0.1, 0.15) is 29.5 Å². The van der Waals surface area contributed by atoms with E-state index in [0.717, 1.165) is 17.4 Å². The molecule has 106 valence electrons. The Hall–Kier alpha value is -1.96. The second-order valence-corrected chi connectivity index (χ2v) is 4.92. The van der Waals surface area contributed by atoms with Crippen molar-refractivity contribution in [3.05, 3.63) is 34.5 Å². The Bertz CT molecular complexity index is 573. The fraction of sp³-hybridized carbons (Fsp3) is 0.333. The Morgan fingerprint density at radius 1 is 1.45 bits per heavy atom. The lowest BCUT2D eigenvalue weighted by atomic mass is 10.2. The first-order valence-electron chi connectivity index (χ1n) is 6.13. The maximum Gasteiger partial charge on any atom is 0.255 e. The second kappa shape index (κ2) is 6.99. The van der Waals surface area contributed by atoms with Crippen molar-refractivity contribution in [3.8, 4) is 0 Å². The topological polar surface area (TPSA) is 92.9 Å². The molecule has 0 aliphatic rings. The van der Waals surface area contributed by atoms with Gasteiger partial charge in [0.2, 0.25) is 6.39 Å². The molecule has 7 nitrogen and oxygen atoms in total. The lowest BCUT2D eigenvalue weighted by Crippen LogP contribution is -2.25. The summed E-state index contributed by atoms with van der Waals surface area (Å²) in [5.74, 6) is 0.729. The zero-order chi connectivity index (χ0) is 14.4. The van der Waals surface area contributed by atoms with Crippen molar-refractivity contribution in [2.45, 2.75) is 19.9 Å². The lowest BCUT2D eigenvalue weighted by Gasteiger charge is -2.10. The fourth-order valence-corrected chi connectivity index (χ4v) is 1.85. The van der Waals surface area contributed by atoms with E-state index < -0.39 is 0 Å². The Morgan fingerprint density at radius 2 is 2.30 bits per heavy atom. The number of hydrogen-bond acceptors (Lipinski definition) is 6. The third-order valence-electron chi connectivity index (χ3n) is 2.46. The number of carbonyl (C=O) groups is 1. The zero-order valence-corrected chi connectivity index (χ0v) is 12.5. The molecule has 0 saturated carbocycles. The molecule has 0 spiro atoms. The zero-order valence-electron chi connectivity index (χ0n) is 10.9. The molecule has 0 aliphatic heterocycles. The molecule has 0 saturated heterocycles. The van der Waals surface area contributed by atoms with Gasteiger partial charge in [0.1, 0.15) is 5.82 Å². The largest absolute Gasteiger partial charge is 0.369 e. The summed E-state index contributed by atoms with van der Waals surface area (Å²) < 4.78 is 5.34. The number of halogens is 1. The molecule has 0 aliphatic carbocycles. The van der Waals surface area contributed by atoms with Gasteiger partial charge < -0.3 is 15.2 Å². The Labute approximate surface area is 124 Å². The highest BCUT2D eigenvalue weighted by molar-refractivity contribution is 9.10. The van der Waals surface area contributed by atoms with Crippen molar-refractivity contribution in [3.63, 3.8) is 0 Å². The molecular weight excluding hydrogens is 326 g/mol. The molecule has 0 unspecified atom stereocenters. The van der Waals surface area contributed by atoms with Gasteiger partial charge in [-0.2, -0.15) is 4.98 Å². The van der Waals surface area contributed by atoms with Crippen molar-refractivity contribution < 1.29 is 9.32 Å². The van der Waals surface area contributed by atoms with Crippen molar-refractivity contribution in [1.82, 2.24) is 20.4 Å². The first-order valence-corrected chi connectivity index (χ1v) is 6.93. The number of nitrogens with zero attached hydrogens (tertiary/aromatic N) is 3. The van der Waals surface area contributed by atoms with Crippen LogP contribution in [-0.2, 0) is 6.54 Å². The number of aromatic nitrogens is 3. The van der Waals surface area contributed by atoms with Crippen LogP contribution in [-0.4, -0.2) is 27.6 Å². The van der Waals surface area contributed by atoms with Gasteiger partial charge in [-0.05, 0) is 28.4 Å². The van der Waals surface area contributed by atoms with Crippen molar-refractivity contribution in [2.24, 2.45) is 0 Å². The molecule has 1 amide bonds. The predicted octanol–water partition coefficient (Wildman–Crippen LogP) is 1.98. The molecule has 2 aromatic rings. The van der Waals surface area contributed by atoms with E-state index in [0.29, 0.717) is 17.2 Å². The van der Waals surface area contributed by atoms with Crippen LogP contribution in [0.2, 0.25) is 0 Å². The number of amides is 1. The molecule has 0 radical (unpaired) electrons. The number of rotatable bonds is 6. The third-order valence-corrected chi connectivity index (χ3v) is 2.89. The van der Waals surface area contributed by atoms with Gasteiger partial charge in [-0.25, -0.2) is 4.98 Å². The van der Waals surface area contributed by atoms with Crippen LogP contribution in [0.5, 0.6) is 0 Å². The highest BCUT2D eigenvalue weighted by atomic mass is 79.9. The van der Waals surface area contributed by atoms with Gasteiger partial charge in [0.15, 0.2) is 5.82 Å². The number of carbonyl (C=O) groups excluding carboxylic acids is 1. The smallest absolute Gasteiger partial charge is 0.255 e. The summed E-state index contributed by atoms with van der Waals surface area (Å²) in [6, 6.07) is 1.72. The molecule has 0 atom stereocenters. The number of pyridine rings is 1. The van der Waals surface area contributed by atoms with Crippen molar-refractivity contribution in [1.29, 1.82) is 0 Å². The first kappa shape index (κ1) is 14.4. The van der Waals surface area contributed by atoms with E-state index in [1.54, 1.807) is 12.3 Å². The predicted molar refractivity (Wildman–Crippen MR) is 76.2 cm³/mol. The van der Waals surface area contributed by atoms with Gasteiger partial charge in [0.25, 0.3) is 5.91 Å². The van der Waals surface area contributed by atoms with E-state index in [1.165, 1.54) is 6.39 Å². The molecule has 20 heavy (non-hydrogen) atoms. The minimum absolute atomic E-state index is 0.203. The van der Waals surface area contributed by atoms with Gasteiger partial charge in [0, 0.05) is 17.2 Å². The maximum atomic E-state index is 12.2. The molecule has 2 heterocycles. The normalized spacial score (nSPS) is 10.3. The maximum absolute atomic E-state index is 12.2. The number of nitrogens with one attached hydrogen (secondary N) is 2. The highest BCUT2D eigenvalue weighted by Crippen LogP contribution is 2.18. The Kier molecular flexibility index (Phi) is 5.05. The van der Waals surface area contributed by atoms with E-state index in [-0.39, 0.29) is 12.5 Å². The minimum Gasteiger partial charge on any atom is -0.369 e. The summed E-state index contributed by atoms with van der Waals surface area (Å²) in [6.07, 6.45) is 3.81. The van der Waals surface area contributed by atoms with Crippen molar-refractivity contribution >= 4 is 27.7 Å². The molecule has 2 N–H and O–H groups in total. The average Bonchev–Trinajstić information content (AvgIpc) is 2.96. The second-order valence-electron chi connectivity index (χ2n) is 4.01. The number of anilines is 1. The Morgan fingerprint density at radius 3 is 3.00 bits per heavy atom. The van der Waals surface area contributed by atoms with Crippen LogP contribution in [0, 0.1) is 0 Å². The fourth-order valence-electron chi connectivity index (χ4n) is 1.52. The third kappa shape index (κ3) is 3.77. The van der Waals surface area contributed by atoms with E-state index in [1.807, 2.05) is 6.92 Å². The Balaban J connectivity index is 2.08. The molecule has 0 fully saturated rings. The molecule has 0 aromatic carbocycles. The van der Waals surface area contributed by atoms with Gasteiger partial charge in [-0.15, -0.1) is 0 Å². The number of hydrogen-bond donors (Lipinski definition) is 2. The monoisotopic (exact) mass is 339 g/mol. The van der Waals surface area contributed by atoms with Crippen molar-refractivity contribution in [2.75, 3.05) is 11.9 Å². The highest BCUT2D eigenvalue weighted by Gasteiger charge is 2.13. The summed E-state index contributed by atoms with van der Waals surface area (Å²) in [7, 11) is 0. The van der Waals surface area contributed by atoms with E-state index >= 15 is 0 Å². The standard InChI is InChI=1S/C12H14BrN5O2/c1-2-3-14-11-9(4-8(13)5-15-11)12(19)16-6-10-17-7-20-18-10/h4-5,7H,2-3,6H2,1H3,(H,14,15)(H,16,19). The summed E-state index contributed by atoms with van der Waals surface area (Å²) in [4.78, 5) is 20.2. The molecule has 2 rings (SSSR count). The van der Waals surface area contributed by atoms with Gasteiger partial charge in [-0.3, -0.25) is 4.79 Å². The minimum atomic E-state index is -0.248. The van der Waals surface area contributed by atoms with E-state index in [4.69, 9.17) is 0 Å². The van der Waals surface area contributed by atoms with Gasteiger partial charge in [-0.1, -0.05) is 12.1 Å². The van der Waals surface area contributed by atoms with Crippen LogP contribution < -0.4 is 10.6 Å². The molecule has 2 aromatic heterocycles.